The van der Waals surface area contributed by atoms with Gasteiger partial charge in [0.1, 0.15) is 0 Å². The maximum Gasteiger partial charge on any atom is 0.225 e. The molecule has 1 amide bonds. The molecule has 0 spiro atoms. The van der Waals surface area contributed by atoms with Gasteiger partial charge in [0.15, 0.2) is 0 Å². The zero-order valence-corrected chi connectivity index (χ0v) is 11.8. The molecular formula is C12H25ClN2O2. The summed E-state index contributed by atoms with van der Waals surface area (Å²) in [6, 6.07) is 0.438. The molecule has 0 aromatic carbocycles. The van der Waals surface area contributed by atoms with Crippen molar-refractivity contribution in [1.29, 1.82) is 0 Å². The number of nitrogens with zero attached hydrogens (tertiary/aromatic N) is 1. The molecular weight excluding hydrogens is 240 g/mol. The topological polar surface area (TPSA) is 52.6 Å². The van der Waals surface area contributed by atoms with Crippen molar-refractivity contribution in [3.8, 4) is 0 Å². The molecule has 0 aliphatic carbocycles. The van der Waals surface area contributed by atoms with Gasteiger partial charge in [-0.05, 0) is 39.7 Å². The van der Waals surface area contributed by atoms with Crippen LogP contribution < -0.4 is 5.32 Å². The molecule has 0 aromatic rings. The molecule has 5 heteroatoms. The second-order valence-corrected chi connectivity index (χ2v) is 4.97. The molecule has 1 aliphatic rings. The van der Waals surface area contributed by atoms with Crippen LogP contribution in [0.25, 0.3) is 0 Å². The minimum absolute atomic E-state index is 0. The lowest BCUT2D eigenvalue weighted by Crippen LogP contribution is -2.43. The second kappa shape index (κ2) is 7.90. The highest BCUT2D eigenvalue weighted by Gasteiger charge is 2.26. The summed E-state index contributed by atoms with van der Waals surface area (Å²) < 4.78 is 0. The number of halogens is 1. The van der Waals surface area contributed by atoms with E-state index in [1.165, 1.54) is 0 Å². The van der Waals surface area contributed by atoms with E-state index in [2.05, 4.69) is 12.2 Å². The van der Waals surface area contributed by atoms with E-state index in [0.717, 1.165) is 19.4 Å². The highest BCUT2D eigenvalue weighted by molar-refractivity contribution is 5.85. The van der Waals surface area contributed by atoms with Crippen LogP contribution in [-0.4, -0.2) is 48.2 Å². The van der Waals surface area contributed by atoms with Crippen molar-refractivity contribution in [3.63, 3.8) is 0 Å². The predicted octanol–water partition coefficient (Wildman–Crippen LogP) is 1.03. The summed E-state index contributed by atoms with van der Waals surface area (Å²) in [4.78, 5) is 13.8. The predicted molar refractivity (Wildman–Crippen MR) is 71.4 cm³/mol. The van der Waals surface area contributed by atoms with Gasteiger partial charge >= 0.3 is 0 Å². The molecule has 2 N–H and O–H groups in total. The lowest BCUT2D eigenvalue weighted by molar-refractivity contribution is -0.135. The molecule has 1 rings (SSSR count). The van der Waals surface area contributed by atoms with Crippen LogP contribution in [0.2, 0.25) is 0 Å². The van der Waals surface area contributed by atoms with E-state index in [9.17, 15) is 9.90 Å². The molecule has 0 saturated carbocycles. The third kappa shape index (κ3) is 5.70. The van der Waals surface area contributed by atoms with Gasteiger partial charge in [0, 0.05) is 25.6 Å². The Kier molecular flexibility index (Phi) is 7.75. The van der Waals surface area contributed by atoms with Crippen LogP contribution in [0.15, 0.2) is 0 Å². The highest BCUT2D eigenvalue weighted by Crippen LogP contribution is 2.18. The van der Waals surface area contributed by atoms with Gasteiger partial charge in [-0.15, -0.1) is 12.4 Å². The molecule has 1 fully saturated rings. The van der Waals surface area contributed by atoms with E-state index < -0.39 is 0 Å². The van der Waals surface area contributed by atoms with E-state index in [0.29, 0.717) is 19.0 Å². The molecule has 102 valence electrons. The minimum atomic E-state index is -0.331. The first-order valence-electron chi connectivity index (χ1n) is 6.17. The number of aliphatic hydroxyl groups excluding tert-OH is 1. The second-order valence-electron chi connectivity index (χ2n) is 4.97. The van der Waals surface area contributed by atoms with Gasteiger partial charge in [0.2, 0.25) is 5.91 Å². The minimum Gasteiger partial charge on any atom is -0.393 e. The zero-order valence-electron chi connectivity index (χ0n) is 11.0. The molecule has 0 radical (unpaired) electrons. The van der Waals surface area contributed by atoms with Crippen molar-refractivity contribution in [2.45, 2.75) is 45.3 Å². The van der Waals surface area contributed by atoms with Crippen molar-refractivity contribution in [3.05, 3.63) is 0 Å². The molecule has 1 saturated heterocycles. The molecule has 0 aromatic heterocycles. The van der Waals surface area contributed by atoms with Gasteiger partial charge in [-0.3, -0.25) is 4.79 Å². The van der Waals surface area contributed by atoms with E-state index in [1.54, 1.807) is 11.8 Å². The Balaban J connectivity index is 0.00000256. The molecule has 1 aliphatic heterocycles. The monoisotopic (exact) mass is 264 g/mol. The summed E-state index contributed by atoms with van der Waals surface area (Å²) in [5, 5.41) is 12.5. The molecule has 17 heavy (non-hydrogen) atoms. The van der Waals surface area contributed by atoms with Crippen molar-refractivity contribution in [2.24, 2.45) is 5.92 Å². The van der Waals surface area contributed by atoms with Crippen LogP contribution in [0.1, 0.15) is 33.1 Å². The van der Waals surface area contributed by atoms with Gasteiger partial charge in [-0.1, -0.05) is 0 Å². The number of amides is 1. The van der Waals surface area contributed by atoms with Gasteiger partial charge in [0.05, 0.1) is 6.10 Å². The van der Waals surface area contributed by atoms with Gasteiger partial charge in [0.25, 0.3) is 0 Å². The number of nitrogens with one attached hydrogen (secondary N) is 1. The number of carbonyl (C=O) groups excluding carboxylic acids is 1. The van der Waals surface area contributed by atoms with Crippen molar-refractivity contribution in [1.82, 2.24) is 10.2 Å². The SMILES string of the molecule is CC(O)CCN(C)C(=O)[C@H]1CCN[C@@H](C)C1.Cl. The highest BCUT2D eigenvalue weighted by atomic mass is 35.5. The molecule has 0 bridgehead atoms. The van der Waals surface area contributed by atoms with Crippen LogP contribution in [0.5, 0.6) is 0 Å². The Bertz CT molecular complexity index is 237. The summed E-state index contributed by atoms with van der Waals surface area (Å²) in [5.41, 5.74) is 0. The number of hydrogen-bond acceptors (Lipinski definition) is 3. The lowest BCUT2D eigenvalue weighted by Gasteiger charge is -2.30. The Morgan fingerprint density at radius 2 is 2.24 bits per heavy atom. The van der Waals surface area contributed by atoms with Gasteiger partial charge < -0.3 is 15.3 Å². The molecule has 1 unspecified atom stereocenters. The maximum absolute atomic E-state index is 12.1. The smallest absolute Gasteiger partial charge is 0.225 e. The fourth-order valence-electron chi connectivity index (χ4n) is 2.16. The van der Waals surface area contributed by atoms with Crippen molar-refractivity contribution >= 4 is 18.3 Å². The summed E-state index contributed by atoms with van der Waals surface area (Å²) in [5.74, 6) is 0.393. The van der Waals surface area contributed by atoms with Crippen LogP contribution in [0, 0.1) is 5.92 Å². The number of piperidine rings is 1. The maximum atomic E-state index is 12.1. The van der Waals surface area contributed by atoms with Crippen molar-refractivity contribution < 1.29 is 9.90 Å². The number of aliphatic hydroxyl groups is 1. The van der Waals surface area contributed by atoms with Gasteiger partial charge in [-0.2, -0.15) is 0 Å². The standard InChI is InChI=1S/C12H24N2O2.ClH/c1-9-8-11(4-6-13-9)12(16)14(3)7-5-10(2)15;/h9-11,13,15H,4-8H2,1-3H3;1H/t9-,10?,11-;/m0./s1. The summed E-state index contributed by atoms with van der Waals surface area (Å²) in [7, 11) is 1.83. The molecule has 3 atom stereocenters. The first kappa shape index (κ1) is 16.7. The average molecular weight is 265 g/mol. The molecule has 4 nitrogen and oxygen atoms in total. The first-order valence-corrected chi connectivity index (χ1v) is 6.17. The van der Waals surface area contributed by atoms with Crippen LogP contribution in [0.3, 0.4) is 0 Å². The number of hydrogen-bond donors (Lipinski definition) is 2. The van der Waals surface area contributed by atoms with E-state index in [-0.39, 0.29) is 30.3 Å². The Labute approximate surface area is 110 Å². The Hall–Kier alpha value is -0.320. The van der Waals surface area contributed by atoms with Crippen LogP contribution >= 0.6 is 12.4 Å². The fourth-order valence-corrected chi connectivity index (χ4v) is 2.16. The average Bonchev–Trinajstić information content (AvgIpc) is 2.24. The van der Waals surface area contributed by atoms with Crippen LogP contribution in [-0.2, 0) is 4.79 Å². The van der Waals surface area contributed by atoms with E-state index in [4.69, 9.17) is 0 Å². The normalized spacial score (nSPS) is 25.9. The summed E-state index contributed by atoms with van der Waals surface area (Å²) in [6.07, 6.45) is 2.19. The summed E-state index contributed by atoms with van der Waals surface area (Å²) >= 11 is 0. The Morgan fingerprint density at radius 1 is 1.59 bits per heavy atom. The Morgan fingerprint density at radius 3 is 2.76 bits per heavy atom. The zero-order chi connectivity index (χ0) is 12.1. The number of rotatable bonds is 4. The largest absolute Gasteiger partial charge is 0.393 e. The lowest BCUT2D eigenvalue weighted by atomic mass is 9.92. The van der Waals surface area contributed by atoms with E-state index >= 15 is 0 Å². The first-order chi connectivity index (χ1) is 7.50. The van der Waals surface area contributed by atoms with Gasteiger partial charge in [-0.25, -0.2) is 0 Å². The quantitative estimate of drug-likeness (QED) is 0.797. The third-order valence-corrected chi connectivity index (χ3v) is 3.23. The number of carbonyl (C=O) groups is 1. The summed E-state index contributed by atoms with van der Waals surface area (Å²) in [6.45, 7) is 5.46. The van der Waals surface area contributed by atoms with Crippen LogP contribution in [0.4, 0.5) is 0 Å². The van der Waals surface area contributed by atoms with Crippen molar-refractivity contribution in [2.75, 3.05) is 20.1 Å². The third-order valence-electron chi connectivity index (χ3n) is 3.23. The molecule has 1 heterocycles. The van der Waals surface area contributed by atoms with E-state index in [1.807, 2.05) is 7.05 Å². The fraction of sp³-hybridized carbons (Fsp3) is 0.917.